The predicted molar refractivity (Wildman–Crippen MR) is 122 cm³/mol. The van der Waals surface area contributed by atoms with E-state index in [0.717, 1.165) is 50.2 Å². The summed E-state index contributed by atoms with van der Waals surface area (Å²) in [5.41, 5.74) is 8.79. The lowest BCUT2D eigenvalue weighted by Gasteiger charge is -2.35. The quantitative estimate of drug-likeness (QED) is 0.464. The van der Waals surface area contributed by atoms with Gasteiger partial charge in [-0.2, -0.15) is 0 Å². The fourth-order valence-corrected chi connectivity index (χ4v) is 4.34. The van der Waals surface area contributed by atoms with Crippen molar-refractivity contribution in [2.75, 3.05) is 38.1 Å². The Hall–Kier alpha value is -2.84. The predicted octanol–water partition coefficient (Wildman–Crippen LogP) is 3.01. The van der Waals surface area contributed by atoms with Crippen LogP contribution in [0.4, 0.5) is 5.13 Å². The molecule has 4 rings (SSSR count). The number of furan rings is 1. The molecule has 1 aliphatic rings. The second kappa shape index (κ2) is 9.77. The van der Waals surface area contributed by atoms with Gasteiger partial charge in [0.15, 0.2) is 11.1 Å². The van der Waals surface area contributed by atoms with E-state index >= 15 is 0 Å². The Morgan fingerprint density at radius 1 is 1.13 bits per heavy atom. The zero-order chi connectivity index (χ0) is 20.8. The lowest BCUT2D eigenvalue weighted by atomic mass is 10.1. The highest BCUT2D eigenvalue weighted by Crippen LogP contribution is 2.19. The molecule has 0 unspecified atom stereocenters. The average Bonchev–Trinajstić information content (AvgIpc) is 3.47. The number of piperazine rings is 1. The third-order valence-corrected chi connectivity index (χ3v) is 6.10. The second-order valence-electron chi connectivity index (χ2n) is 7.48. The minimum Gasteiger partial charge on any atom is -0.468 e. The normalized spacial score (nSPS) is 15.2. The molecule has 0 bridgehead atoms. The summed E-state index contributed by atoms with van der Waals surface area (Å²) in [5.74, 6) is 1.58. The number of aliphatic imine (C=N–C) groups is 1. The summed E-state index contributed by atoms with van der Waals surface area (Å²) in [7, 11) is 2.10. The molecule has 1 saturated heterocycles. The number of rotatable bonds is 7. The Kier molecular flexibility index (Phi) is 6.66. The van der Waals surface area contributed by atoms with Crippen LogP contribution < -0.4 is 10.6 Å². The van der Waals surface area contributed by atoms with Gasteiger partial charge in [0, 0.05) is 44.3 Å². The molecule has 8 heteroatoms. The number of guanidine groups is 1. The fourth-order valence-electron chi connectivity index (χ4n) is 3.65. The van der Waals surface area contributed by atoms with Gasteiger partial charge in [-0.3, -0.25) is 4.90 Å². The largest absolute Gasteiger partial charge is 0.468 e. The maximum atomic E-state index is 6.32. The van der Waals surface area contributed by atoms with E-state index in [2.05, 4.69) is 51.0 Å². The van der Waals surface area contributed by atoms with Gasteiger partial charge < -0.3 is 20.0 Å². The number of nitrogens with two attached hydrogens (primary N) is 1. The minimum absolute atomic E-state index is 0.587. The van der Waals surface area contributed by atoms with Crippen molar-refractivity contribution in [3.05, 3.63) is 71.1 Å². The van der Waals surface area contributed by atoms with Crippen LogP contribution in [0.25, 0.3) is 0 Å². The monoisotopic (exact) mass is 424 g/mol. The van der Waals surface area contributed by atoms with Crippen molar-refractivity contribution >= 4 is 22.4 Å². The highest BCUT2D eigenvalue weighted by Gasteiger charge is 2.19. The molecule has 3 aromatic rings. The van der Waals surface area contributed by atoms with Crippen molar-refractivity contribution in [3.63, 3.8) is 0 Å². The van der Waals surface area contributed by atoms with Crippen LogP contribution in [0.3, 0.4) is 0 Å². The molecule has 0 spiro atoms. The summed E-state index contributed by atoms with van der Waals surface area (Å²) in [4.78, 5) is 15.8. The highest BCUT2D eigenvalue weighted by atomic mass is 32.1. The molecule has 0 amide bonds. The van der Waals surface area contributed by atoms with Crippen LogP contribution >= 0.6 is 11.3 Å². The zero-order valence-corrected chi connectivity index (χ0v) is 18.1. The van der Waals surface area contributed by atoms with Gasteiger partial charge in [0.25, 0.3) is 0 Å². The highest BCUT2D eigenvalue weighted by molar-refractivity contribution is 7.13. The van der Waals surface area contributed by atoms with Gasteiger partial charge in [0.05, 0.1) is 19.4 Å². The molecule has 30 heavy (non-hydrogen) atoms. The first kappa shape index (κ1) is 20.4. The van der Waals surface area contributed by atoms with E-state index in [4.69, 9.17) is 15.1 Å². The Balaban J connectivity index is 1.33. The van der Waals surface area contributed by atoms with Gasteiger partial charge in [-0.05, 0) is 30.3 Å². The van der Waals surface area contributed by atoms with Crippen LogP contribution in [0, 0.1) is 0 Å². The van der Waals surface area contributed by atoms with Crippen LogP contribution in [0.1, 0.15) is 16.9 Å². The van der Waals surface area contributed by atoms with Crippen LogP contribution in [-0.4, -0.2) is 54.0 Å². The molecule has 0 atom stereocenters. The first-order valence-corrected chi connectivity index (χ1v) is 11.0. The van der Waals surface area contributed by atoms with Crippen molar-refractivity contribution in [3.8, 4) is 0 Å². The first-order chi connectivity index (χ1) is 14.7. The molecule has 1 aromatic carbocycles. The van der Waals surface area contributed by atoms with Gasteiger partial charge in [-0.1, -0.05) is 24.3 Å². The van der Waals surface area contributed by atoms with Crippen LogP contribution in [0.15, 0.2) is 63.6 Å². The first-order valence-electron chi connectivity index (χ1n) is 10.2. The summed E-state index contributed by atoms with van der Waals surface area (Å²) in [6.07, 6.45) is 3.57. The van der Waals surface area contributed by atoms with Gasteiger partial charge in [-0.25, -0.2) is 9.98 Å². The number of nitrogens with zero attached hydrogens (tertiary/aromatic N) is 5. The number of benzene rings is 1. The molecule has 0 saturated carbocycles. The smallest absolute Gasteiger partial charge is 0.191 e. The third-order valence-electron chi connectivity index (χ3n) is 5.27. The molecule has 0 radical (unpaired) electrons. The number of hydrogen-bond donors (Lipinski definition) is 1. The Labute approximate surface area is 181 Å². The van der Waals surface area contributed by atoms with Crippen molar-refractivity contribution in [2.24, 2.45) is 10.7 Å². The van der Waals surface area contributed by atoms with E-state index in [9.17, 15) is 0 Å². The molecule has 2 aromatic heterocycles. The summed E-state index contributed by atoms with van der Waals surface area (Å²) in [5, 5.41) is 3.10. The molecule has 0 aliphatic carbocycles. The van der Waals surface area contributed by atoms with Gasteiger partial charge in [-0.15, -0.1) is 11.3 Å². The number of anilines is 1. The molecule has 158 valence electrons. The van der Waals surface area contributed by atoms with E-state index in [1.54, 1.807) is 17.6 Å². The van der Waals surface area contributed by atoms with E-state index in [1.165, 1.54) is 11.1 Å². The molecular weight excluding hydrogens is 396 g/mol. The SMILES string of the molecule is CN(Cc1ccco1)Cc1ccccc1CN=C(N)N1CCN(c2nccs2)CC1. The lowest BCUT2D eigenvalue weighted by molar-refractivity contribution is 0.287. The number of aromatic nitrogens is 1. The Morgan fingerprint density at radius 3 is 2.63 bits per heavy atom. The second-order valence-corrected chi connectivity index (χ2v) is 8.36. The maximum absolute atomic E-state index is 6.32. The molecular formula is C22H28N6OS. The average molecular weight is 425 g/mol. The lowest BCUT2D eigenvalue weighted by Crippen LogP contribution is -2.51. The van der Waals surface area contributed by atoms with Gasteiger partial charge in [0.1, 0.15) is 5.76 Å². The van der Waals surface area contributed by atoms with E-state index in [0.29, 0.717) is 12.5 Å². The van der Waals surface area contributed by atoms with Gasteiger partial charge >= 0.3 is 0 Å². The standard InChI is InChI=1S/C22H28N6OS/c1-26(17-20-7-4-13-29-20)16-19-6-3-2-5-18(19)15-25-21(23)27-9-11-28(12-10-27)22-24-8-14-30-22/h2-8,13-14H,9-12,15-17H2,1H3,(H2,23,25). The van der Waals surface area contributed by atoms with Crippen molar-refractivity contribution < 1.29 is 4.42 Å². The number of thiazole rings is 1. The number of hydrogen-bond acceptors (Lipinski definition) is 6. The minimum atomic E-state index is 0.587. The molecule has 7 nitrogen and oxygen atoms in total. The summed E-state index contributed by atoms with van der Waals surface area (Å²) in [6, 6.07) is 12.3. The van der Waals surface area contributed by atoms with E-state index in [-0.39, 0.29) is 0 Å². The maximum Gasteiger partial charge on any atom is 0.191 e. The topological polar surface area (TPSA) is 74.1 Å². The molecule has 1 fully saturated rings. The Morgan fingerprint density at radius 2 is 1.93 bits per heavy atom. The summed E-state index contributed by atoms with van der Waals surface area (Å²) >= 11 is 1.68. The van der Waals surface area contributed by atoms with Crippen LogP contribution in [0.2, 0.25) is 0 Å². The fraction of sp³-hybridized carbons (Fsp3) is 0.364. The third kappa shape index (κ3) is 5.20. The van der Waals surface area contributed by atoms with Crippen molar-refractivity contribution in [1.29, 1.82) is 0 Å². The van der Waals surface area contributed by atoms with Crippen LogP contribution in [0.5, 0.6) is 0 Å². The van der Waals surface area contributed by atoms with Crippen molar-refractivity contribution in [1.82, 2.24) is 14.8 Å². The zero-order valence-electron chi connectivity index (χ0n) is 17.3. The summed E-state index contributed by atoms with van der Waals surface area (Å²) in [6.45, 7) is 5.75. The summed E-state index contributed by atoms with van der Waals surface area (Å²) < 4.78 is 5.46. The van der Waals surface area contributed by atoms with E-state index < -0.39 is 0 Å². The van der Waals surface area contributed by atoms with Gasteiger partial charge in [0.2, 0.25) is 0 Å². The molecule has 2 N–H and O–H groups in total. The van der Waals surface area contributed by atoms with Crippen molar-refractivity contribution in [2.45, 2.75) is 19.6 Å². The van der Waals surface area contributed by atoms with Crippen LogP contribution in [-0.2, 0) is 19.6 Å². The Bertz CT molecular complexity index is 932. The van der Waals surface area contributed by atoms with E-state index in [1.807, 2.05) is 23.7 Å². The molecule has 3 heterocycles. The molecule has 1 aliphatic heterocycles.